The Hall–Kier alpha value is -4.39. The van der Waals surface area contributed by atoms with Crippen LogP contribution in [0.2, 0.25) is 0 Å². The van der Waals surface area contributed by atoms with E-state index in [-0.39, 0.29) is 23.3 Å². The van der Waals surface area contributed by atoms with Crippen LogP contribution in [0.1, 0.15) is 50.1 Å². The van der Waals surface area contributed by atoms with Crippen LogP contribution in [0.3, 0.4) is 0 Å². The van der Waals surface area contributed by atoms with Crippen molar-refractivity contribution in [1.29, 1.82) is 5.26 Å². The Labute approximate surface area is 241 Å². The van der Waals surface area contributed by atoms with Gasteiger partial charge < -0.3 is 16.0 Å². The summed E-state index contributed by atoms with van der Waals surface area (Å²) in [6, 6.07) is 25.8. The highest BCUT2D eigenvalue weighted by Gasteiger charge is 2.25. The lowest BCUT2D eigenvalue weighted by Gasteiger charge is -2.15. The lowest BCUT2D eigenvalue weighted by atomic mass is 10.1. The van der Waals surface area contributed by atoms with Gasteiger partial charge in [0, 0.05) is 21.8 Å². The highest BCUT2D eigenvalue weighted by Crippen LogP contribution is 2.35. The number of hydrogen-bond acceptors (Lipinski definition) is 6. The van der Waals surface area contributed by atoms with E-state index in [1.54, 1.807) is 37.3 Å². The first kappa shape index (κ1) is 28.6. The van der Waals surface area contributed by atoms with Gasteiger partial charge >= 0.3 is 0 Å². The van der Waals surface area contributed by atoms with Crippen molar-refractivity contribution < 1.29 is 14.4 Å². The minimum absolute atomic E-state index is 0.212. The van der Waals surface area contributed by atoms with E-state index in [0.29, 0.717) is 38.8 Å². The third kappa shape index (κ3) is 6.97. The van der Waals surface area contributed by atoms with E-state index in [9.17, 15) is 19.6 Å². The number of carbonyl (C=O) groups excluding carboxylic acids is 3. The molecular formula is C31H28N4O3S2. The first-order valence-electron chi connectivity index (χ1n) is 12.6. The molecule has 202 valence electrons. The molecule has 4 aromatic rings. The summed E-state index contributed by atoms with van der Waals surface area (Å²) >= 11 is 2.45. The molecule has 40 heavy (non-hydrogen) atoms. The van der Waals surface area contributed by atoms with Crippen LogP contribution in [-0.2, 0) is 4.79 Å². The van der Waals surface area contributed by atoms with E-state index in [4.69, 9.17) is 0 Å². The maximum Gasteiger partial charge on any atom is 0.266 e. The molecule has 0 radical (unpaired) electrons. The molecule has 7 nitrogen and oxygen atoms in total. The molecule has 3 amide bonds. The molecule has 0 fully saturated rings. The van der Waals surface area contributed by atoms with Gasteiger partial charge in [-0.25, -0.2) is 0 Å². The van der Waals surface area contributed by atoms with E-state index in [2.05, 4.69) is 22.0 Å². The highest BCUT2D eigenvalue weighted by molar-refractivity contribution is 8.00. The summed E-state index contributed by atoms with van der Waals surface area (Å²) in [5, 5.41) is 18.3. The molecule has 0 aliphatic rings. The molecule has 0 aliphatic heterocycles. The molecular weight excluding hydrogens is 541 g/mol. The summed E-state index contributed by atoms with van der Waals surface area (Å²) in [5.41, 5.74) is 3.70. The fourth-order valence-electron chi connectivity index (χ4n) is 3.90. The molecule has 0 saturated carbocycles. The first-order chi connectivity index (χ1) is 19.3. The van der Waals surface area contributed by atoms with Crippen LogP contribution >= 0.6 is 23.1 Å². The number of thioether (sulfide) groups is 1. The van der Waals surface area contributed by atoms with Crippen molar-refractivity contribution in [3.8, 4) is 6.07 Å². The second kappa shape index (κ2) is 13.1. The van der Waals surface area contributed by atoms with Crippen molar-refractivity contribution >= 4 is 57.2 Å². The molecule has 0 spiro atoms. The highest BCUT2D eigenvalue weighted by atomic mass is 32.2. The predicted molar refractivity (Wildman–Crippen MR) is 162 cm³/mol. The van der Waals surface area contributed by atoms with Crippen LogP contribution in [0.4, 0.5) is 16.4 Å². The second-order valence-corrected chi connectivity index (χ2v) is 11.3. The number of rotatable bonds is 9. The molecule has 9 heteroatoms. The summed E-state index contributed by atoms with van der Waals surface area (Å²) in [4.78, 5) is 40.0. The van der Waals surface area contributed by atoms with Gasteiger partial charge in [-0.2, -0.15) is 5.26 Å². The quantitative estimate of drug-likeness (QED) is 0.184. The minimum Gasteiger partial charge on any atom is -0.322 e. The number of benzene rings is 3. The van der Waals surface area contributed by atoms with Crippen LogP contribution in [0.5, 0.6) is 0 Å². The number of nitrogens with one attached hydrogen (secondary N) is 3. The maximum atomic E-state index is 13.3. The molecule has 1 heterocycles. The number of anilines is 3. The maximum absolute atomic E-state index is 13.3. The smallest absolute Gasteiger partial charge is 0.266 e. The Kier molecular flexibility index (Phi) is 9.38. The Morgan fingerprint density at radius 1 is 0.875 bits per heavy atom. The van der Waals surface area contributed by atoms with Gasteiger partial charge in [-0.05, 0) is 68.3 Å². The minimum atomic E-state index is -0.460. The number of aryl methyl sites for hydroxylation is 1. The van der Waals surface area contributed by atoms with E-state index < -0.39 is 5.25 Å². The van der Waals surface area contributed by atoms with Gasteiger partial charge in [0.05, 0.1) is 15.7 Å². The van der Waals surface area contributed by atoms with Gasteiger partial charge in [0.2, 0.25) is 5.91 Å². The molecule has 1 unspecified atom stereocenters. The van der Waals surface area contributed by atoms with Crippen molar-refractivity contribution in [2.75, 3.05) is 16.0 Å². The summed E-state index contributed by atoms with van der Waals surface area (Å²) in [5.74, 6) is -0.817. The normalized spacial score (nSPS) is 11.2. The van der Waals surface area contributed by atoms with Crippen LogP contribution in [-0.4, -0.2) is 23.0 Å². The Morgan fingerprint density at radius 3 is 2.23 bits per heavy atom. The first-order valence-corrected chi connectivity index (χ1v) is 14.3. The molecule has 0 saturated heterocycles. The third-order valence-electron chi connectivity index (χ3n) is 6.08. The zero-order chi connectivity index (χ0) is 28.6. The van der Waals surface area contributed by atoms with Crippen molar-refractivity contribution in [3.63, 3.8) is 0 Å². The molecule has 0 aliphatic carbocycles. The van der Waals surface area contributed by atoms with Crippen LogP contribution < -0.4 is 16.0 Å². The average Bonchev–Trinajstić information content (AvgIpc) is 3.27. The fourth-order valence-corrected chi connectivity index (χ4v) is 5.97. The van der Waals surface area contributed by atoms with Crippen molar-refractivity contribution in [2.45, 2.75) is 37.3 Å². The Morgan fingerprint density at radius 2 is 1.55 bits per heavy atom. The van der Waals surface area contributed by atoms with E-state index >= 15 is 0 Å². The summed E-state index contributed by atoms with van der Waals surface area (Å²) < 4.78 is 0. The zero-order valence-electron chi connectivity index (χ0n) is 22.3. The average molecular weight is 569 g/mol. The molecule has 3 aromatic carbocycles. The number of amides is 3. The van der Waals surface area contributed by atoms with E-state index in [1.807, 2.05) is 62.4 Å². The topological polar surface area (TPSA) is 111 Å². The van der Waals surface area contributed by atoms with Crippen molar-refractivity contribution in [2.24, 2.45) is 0 Å². The third-order valence-corrected chi connectivity index (χ3v) is 8.64. The SMILES string of the molecule is CCC(Sc1cccc(NC(=O)c2ccc(C)cc2)c1)C(=O)Nc1sc(C(=O)Nc2ccccc2)c(C)c1C#N. The Bertz CT molecular complexity index is 1570. The van der Waals surface area contributed by atoms with Crippen molar-refractivity contribution in [3.05, 3.63) is 106 Å². The van der Waals surface area contributed by atoms with E-state index in [0.717, 1.165) is 21.8 Å². The van der Waals surface area contributed by atoms with Gasteiger partial charge in [0.1, 0.15) is 11.1 Å². The monoisotopic (exact) mass is 568 g/mol. The van der Waals surface area contributed by atoms with Gasteiger partial charge in [-0.15, -0.1) is 23.1 Å². The lowest BCUT2D eigenvalue weighted by Crippen LogP contribution is -2.24. The van der Waals surface area contributed by atoms with E-state index in [1.165, 1.54) is 11.8 Å². The standard InChI is InChI=1S/C31H28N4O3S2/c1-4-26(39-24-12-8-11-23(17-24)34-28(36)21-15-13-19(2)14-16-21)29(37)35-31-25(18-32)20(3)27(40-31)30(38)33-22-9-6-5-7-10-22/h5-17,26H,4H2,1-3H3,(H,33,38)(H,34,36)(H,35,37). The number of carbonyl (C=O) groups is 3. The number of nitrogens with zero attached hydrogens (tertiary/aromatic N) is 1. The summed E-state index contributed by atoms with van der Waals surface area (Å²) in [6.07, 6.45) is 0.532. The molecule has 1 atom stereocenters. The number of nitriles is 1. The number of para-hydroxylation sites is 1. The van der Waals surface area contributed by atoms with Gasteiger partial charge in [0.15, 0.2) is 0 Å². The summed E-state index contributed by atoms with van der Waals surface area (Å²) in [7, 11) is 0. The molecule has 1 aromatic heterocycles. The molecule has 0 bridgehead atoms. The van der Waals surface area contributed by atoms with Crippen LogP contribution in [0.25, 0.3) is 0 Å². The van der Waals surface area contributed by atoms with Gasteiger partial charge in [0.25, 0.3) is 11.8 Å². The van der Waals surface area contributed by atoms with Gasteiger partial charge in [-0.3, -0.25) is 14.4 Å². The largest absolute Gasteiger partial charge is 0.322 e. The van der Waals surface area contributed by atoms with Crippen molar-refractivity contribution in [1.82, 2.24) is 0 Å². The number of hydrogen-bond donors (Lipinski definition) is 3. The zero-order valence-corrected chi connectivity index (χ0v) is 23.9. The number of thiophene rings is 1. The van der Waals surface area contributed by atoms with Crippen LogP contribution in [0.15, 0.2) is 83.8 Å². The summed E-state index contributed by atoms with van der Waals surface area (Å²) in [6.45, 7) is 5.57. The van der Waals surface area contributed by atoms with Crippen LogP contribution in [0, 0.1) is 25.2 Å². The van der Waals surface area contributed by atoms with Gasteiger partial charge in [-0.1, -0.05) is 48.9 Å². The lowest BCUT2D eigenvalue weighted by molar-refractivity contribution is -0.115. The fraction of sp³-hybridized carbons (Fsp3) is 0.161. The Balaban J connectivity index is 1.45. The predicted octanol–water partition coefficient (Wildman–Crippen LogP) is 7.25. The molecule has 3 N–H and O–H groups in total. The second-order valence-electron chi connectivity index (χ2n) is 9.04. The molecule has 4 rings (SSSR count).